The van der Waals surface area contributed by atoms with Gasteiger partial charge < -0.3 is 15.0 Å². The molecule has 0 spiro atoms. The smallest absolute Gasteiger partial charge is 0.269 e. The van der Waals surface area contributed by atoms with Gasteiger partial charge in [-0.05, 0) is 48.9 Å². The molecule has 3 heterocycles. The molecule has 2 aliphatic rings. The number of aromatic nitrogens is 2. The van der Waals surface area contributed by atoms with Gasteiger partial charge in [0, 0.05) is 17.7 Å². The second-order valence-electron chi connectivity index (χ2n) is 9.90. The van der Waals surface area contributed by atoms with Crippen molar-refractivity contribution in [1.82, 2.24) is 9.78 Å². The van der Waals surface area contributed by atoms with Gasteiger partial charge in [0.15, 0.2) is 17.5 Å². The standard InChI is InChI=1S/C32H25N7O3/c1-20-28-29(21-11-10-14-23(19-21)39(40)41)37-26-17-8-6-15-24(26)33-30(34-25-16-7-9-18-27(25)42-2)32(37)35-31(28)38(36-20)22-12-4-3-5-13-22/h3-19,29H,1-2H3,(H,33,34)/t29-/m1/s1. The van der Waals surface area contributed by atoms with Crippen LogP contribution in [0.25, 0.3) is 5.69 Å². The van der Waals surface area contributed by atoms with E-state index in [1.165, 1.54) is 6.07 Å². The Morgan fingerprint density at radius 1 is 0.905 bits per heavy atom. The van der Waals surface area contributed by atoms with Gasteiger partial charge in [0.25, 0.3) is 5.69 Å². The van der Waals surface area contributed by atoms with Crippen molar-refractivity contribution in [3.8, 4) is 11.4 Å². The Kier molecular flexibility index (Phi) is 6.01. The lowest BCUT2D eigenvalue weighted by atomic mass is 9.93. The molecule has 0 fully saturated rings. The van der Waals surface area contributed by atoms with E-state index in [-0.39, 0.29) is 10.6 Å². The van der Waals surface area contributed by atoms with Crippen LogP contribution in [-0.2, 0) is 0 Å². The summed E-state index contributed by atoms with van der Waals surface area (Å²) in [4.78, 5) is 23.8. The zero-order chi connectivity index (χ0) is 28.8. The normalized spacial score (nSPS) is 15.1. The third-order valence-corrected chi connectivity index (χ3v) is 7.40. The predicted octanol–water partition coefficient (Wildman–Crippen LogP) is 6.89. The predicted molar refractivity (Wildman–Crippen MR) is 163 cm³/mol. The summed E-state index contributed by atoms with van der Waals surface area (Å²) in [5.41, 5.74) is 5.52. The van der Waals surface area contributed by atoms with Crippen LogP contribution < -0.4 is 15.0 Å². The molecular formula is C32H25N7O3. The molecule has 0 unspecified atom stereocenters. The molecule has 0 aliphatic carbocycles. The molecule has 5 aromatic rings. The lowest BCUT2D eigenvalue weighted by Gasteiger charge is -2.40. The van der Waals surface area contributed by atoms with Crippen LogP contribution in [0.3, 0.4) is 0 Å². The van der Waals surface area contributed by atoms with E-state index >= 15 is 0 Å². The van der Waals surface area contributed by atoms with Gasteiger partial charge in [0.05, 0.1) is 46.5 Å². The number of aryl methyl sites for hydroxylation is 1. The highest BCUT2D eigenvalue weighted by Crippen LogP contribution is 2.48. The average molecular weight is 556 g/mol. The van der Waals surface area contributed by atoms with Crippen molar-refractivity contribution in [3.63, 3.8) is 0 Å². The van der Waals surface area contributed by atoms with E-state index in [1.54, 1.807) is 19.2 Å². The molecule has 0 saturated carbocycles. The van der Waals surface area contributed by atoms with Crippen molar-refractivity contribution in [2.24, 2.45) is 9.98 Å². The summed E-state index contributed by atoms with van der Waals surface area (Å²) >= 11 is 0. The maximum atomic E-state index is 11.8. The number of nitro groups is 1. The van der Waals surface area contributed by atoms with Crippen molar-refractivity contribution in [1.29, 1.82) is 0 Å². The van der Waals surface area contributed by atoms with E-state index in [1.807, 2.05) is 96.5 Å². The topological polar surface area (TPSA) is 110 Å². The number of rotatable bonds is 5. The van der Waals surface area contributed by atoms with Crippen molar-refractivity contribution in [2.75, 3.05) is 17.3 Å². The second-order valence-corrected chi connectivity index (χ2v) is 9.90. The third kappa shape index (κ3) is 4.08. The Hall–Kier alpha value is -5.77. The maximum Gasteiger partial charge on any atom is 0.269 e. The number of hydrogen-bond donors (Lipinski definition) is 1. The molecular weight excluding hydrogens is 530 g/mol. The van der Waals surface area contributed by atoms with Crippen LogP contribution in [0.2, 0.25) is 0 Å². The number of nitrogens with one attached hydrogen (secondary N) is 1. The van der Waals surface area contributed by atoms with E-state index in [2.05, 4.69) is 10.2 Å². The van der Waals surface area contributed by atoms with E-state index in [9.17, 15) is 10.1 Å². The van der Waals surface area contributed by atoms with Gasteiger partial charge in [-0.1, -0.05) is 54.6 Å². The van der Waals surface area contributed by atoms with E-state index in [0.29, 0.717) is 23.2 Å². The molecule has 0 radical (unpaired) electrons. The number of fused-ring (bicyclic) bond motifs is 4. The molecule has 0 saturated heterocycles. The summed E-state index contributed by atoms with van der Waals surface area (Å²) in [7, 11) is 1.62. The minimum Gasteiger partial charge on any atom is -0.495 e. The maximum absolute atomic E-state index is 11.8. The van der Waals surface area contributed by atoms with Gasteiger partial charge in [-0.2, -0.15) is 5.10 Å². The fourth-order valence-electron chi connectivity index (χ4n) is 5.55. The van der Waals surface area contributed by atoms with Gasteiger partial charge in [0.2, 0.25) is 0 Å². The first-order chi connectivity index (χ1) is 20.5. The highest BCUT2D eigenvalue weighted by molar-refractivity contribution is 6.51. The molecule has 0 amide bonds. The number of aliphatic imine (C=N–C) groups is 2. The van der Waals surface area contributed by atoms with Gasteiger partial charge in [-0.15, -0.1) is 0 Å². The Balaban J connectivity index is 1.51. The number of para-hydroxylation sites is 5. The Morgan fingerprint density at radius 3 is 2.48 bits per heavy atom. The molecule has 10 nitrogen and oxygen atoms in total. The zero-order valence-electron chi connectivity index (χ0n) is 22.8. The summed E-state index contributed by atoms with van der Waals surface area (Å²) < 4.78 is 7.43. The lowest BCUT2D eigenvalue weighted by Crippen LogP contribution is -2.46. The van der Waals surface area contributed by atoms with Crippen LogP contribution in [0, 0.1) is 17.0 Å². The Bertz CT molecular complexity index is 1910. The number of methoxy groups -OCH3 is 1. The molecule has 10 heteroatoms. The fourth-order valence-corrected chi connectivity index (χ4v) is 5.55. The lowest BCUT2D eigenvalue weighted by molar-refractivity contribution is -0.384. The van der Waals surface area contributed by atoms with Gasteiger partial charge in [-0.3, -0.25) is 10.1 Å². The summed E-state index contributed by atoms with van der Waals surface area (Å²) in [5.74, 6) is 2.36. The number of ether oxygens (including phenoxy) is 1. The molecule has 4 aromatic carbocycles. The molecule has 206 valence electrons. The Labute approximate surface area is 241 Å². The largest absolute Gasteiger partial charge is 0.495 e. The van der Waals surface area contributed by atoms with Crippen LogP contribution in [-0.4, -0.2) is 33.5 Å². The number of non-ortho nitro benzene ring substituents is 1. The number of benzene rings is 4. The monoisotopic (exact) mass is 555 g/mol. The first kappa shape index (κ1) is 25.2. The number of amidine groups is 2. The second kappa shape index (κ2) is 10.0. The summed E-state index contributed by atoms with van der Waals surface area (Å²) in [6.45, 7) is 1.95. The van der Waals surface area contributed by atoms with Crippen molar-refractivity contribution in [2.45, 2.75) is 13.0 Å². The van der Waals surface area contributed by atoms with Crippen LogP contribution in [0.5, 0.6) is 5.75 Å². The summed E-state index contributed by atoms with van der Waals surface area (Å²) in [6, 6.07) is 31.5. The number of hydrogen-bond acceptors (Lipinski definition) is 8. The van der Waals surface area contributed by atoms with Crippen molar-refractivity contribution >= 4 is 40.2 Å². The molecule has 0 bridgehead atoms. The Morgan fingerprint density at radius 2 is 1.67 bits per heavy atom. The molecule has 1 atom stereocenters. The SMILES string of the molecule is COc1ccccc1NC1=Nc2ccccc2N2C1=Nc1c(c(C)nn1-c1ccccc1)[C@H]2c1cccc([N+](=O)[O-])c1. The van der Waals surface area contributed by atoms with E-state index in [4.69, 9.17) is 19.8 Å². The van der Waals surface area contributed by atoms with Crippen molar-refractivity contribution < 1.29 is 9.66 Å². The quantitative estimate of drug-likeness (QED) is 0.187. The molecule has 7 rings (SSSR count). The highest BCUT2D eigenvalue weighted by atomic mass is 16.6. The highest BCUT2D eigenvalue weighted by Gasteiger charge is 2.42. The third-order valence-electron chi connectivity index (χ3n) is 7.40. The fraction of sp³-hybridized carbons (Fsp3) is 0.0938. The minimum absolute atomic E-state index is 0.0116. The average Bonchev–Trinajstić information content (AvgIpc) is 3.36. The van der Waals surface area contributed by atoms with Crippen LogP contribution in [0.1, 0.15) is 22.9 Å². The minimum atomic E-state index is -0.476. The van der Waals surface area contributed by atoms with Crippen molar-refractivity contribution in [3.05, 3.63) is 130 Å². The van der Waals surface area contributed by atoms with Crippen LogP contribution in [0.15, 0.2) is 113 Å². The van der Waals surface area contributed by atoms with Crippen LogP contribution >= 0.6 is 0 Å². The number of anilines is 2. The first-order valence-electron chi connectivity index (χ1n) is 13.4. The van der Waals surface area contributed by atoms with Gasteiger partial charge in [0.1, 0.15) is 5.75 Å². The summed E-state index contributed by atoms with van der Waals surface area (Å²) in [6.07, 6.45) is 0. The van der Waals surface area contributed by atoms with Gasteiger partial charge >= 0.3 is 0 Å². The number of nitrogens with zero attached hydrogens (tertiary/aromatic N) is 6. The van der Waals surface area contributed by atoms with E-state index < -0.39 is 6.04 Å². The molecule has 1 aromatic heterocycles. The zero-order valence-corrected chi connectivity index (χ0v) is 22.8. The molecule has 2 aliphatic heterocycles. The van der Waals surface area contributed by atoms with E-state index in [0.717, 1.165) is 39.6 Å². The first-order valence-corrected chi connectivity index (χ1v) is 13.4. The molecule has 42 heavy (non-hydrogen) atoms. The van der Waals surface area contributed by atoms with Crippen LogP contribution in [0.4, 0.5) is 28.6 Å². The number of nitro benzene ring substituents is 1. The van der Waals surface area contributed by atoms with Gasteiger partial charge in [-0.25, -0.2) is 14.7 Å². The molecule has 1 N–H and O–H groups in total. The summed E-state index contributed by atoms with van der Waals surface area (Å²) in [5, 5.41) is 20.2.